The van der Waals surface area contributed by atoms with Gasteiger partial charge in [-0.05, 0) is 6.92 Å². The summed E-state index contributed by atoms with van der Waals surface area (Å²) in [4.78, 5) is 1.60. The Kier molecular flexibility index (Phi) is 2.81. The zero-order valence-electron chi connectivity index (χ0n) is 8.13. The molecule has 4 nitrogen and oxygen atoms in total. The molecule has 0 spiro atoms. The summed E-state index contributed by atoms with van der Waals surface area (Å²) in [5, 5.41) is 11.7. The maximum Gasteiger partial charge on any atom is 0.0994 e. The zero-order chi connectivity index (χ0) is 9.14. The molecule has 0 bridgehead atoms. The topological polar surface area (TPSA) is 42.7 Å². The second-order valence-electron chi connectivity index (χ2n) is 3.26. The van der Waals surface area contributed by atoms with Crippen LogP contribution >= 0.6 is 0 Å². The third kappa shape index (κ3) is 2.30. The van der Waals surface area contributed by atoms with Gasteiger partial charge >= 0.3 is 0 Å². The number of hydrogen-bond acceptors (Lipinski definition) is 3. The molecule has 1 aromatic heterocycles. The van der Waals surface area contributed by atoms with Crippen molar-refractivity contribution >= 4 is 0 Å². The van der Waals surface area contributed by atoms with Crippen LogP contribution in [-0.4, -0.2) is 21.0 Å². The van der Waals surface area contributed by atoms with E-state index in [4.69, 9.17) is 0 Å². The summed E-state index contributed by atoms with van der Waals surface area (Å²) in [6, 6.07) is 0.492. The Morgan fingerprint density at radius 2 is 2.08 bits per heavy atom. The molecule has 0 fully saturated rings. The largest absolute Gasteiger partial charge is 0.309 e. The van der Waals surface area contributed by atoms with E-state index in [0.29, 0.717) is 6.04 Å². The van der Waals surface area contributed by atoms with Gasteiger partial charge in [0, 0.05) is 19.6 Å². The van der Waals surface area contributed by atoms with Crippen LogP contribution in [0.4, 0.5) is 0 Å². The van der Waals surface area contributed by atoms with Crippen molar-refractivity contribution in [2.24, 2.45) is 7.05 Å². The lowest BCUT2D eigenvalue weighted by molar-refractivity contribution is 0.569. The van der Waals surface area contributed by atoms with E-state index in [2.05, 4.69) is 29.4 Å². The van der Waals surface area contributed by atoms with Gasteiger partial charge in [0.1, 0.15) is 0 Å². The van der Waals surface area contributed by atoms with Crippen molar-refractivity contribution in [3.05, 3.63) is 11.4 Å². The Labute approximate surface area is 73.0 Å². The van der Waals surface area contributed by atoms with E-state index in [-0.39, 0.29) is 0 Å². The van der Waals surface area contributed by atoms with Crippen LogP contribution in [0.1, 0.15) is 25.2 Å². The van der Waals surface area contributed by atoms with Gasteiger partial charge in [0.2, 0.25) is 0 Å². The molecule has 4 heteroatoms. The van der Waals surface area contributed by atoms with Crippen LogP contribution in [0.25, 0.3) is 0 Å². The van der Waals surface area contributed by atoms with Gasteiger partial charge in [-0.2, -0.15) is 15.0 Å². The van der Waals surface area contributed by atoms with Gasteiger partial charge in [-0.3, -0.25) is 0 Å². The second kappa shape index (κ2) is 3.67. The van der Waals surface area contributed by atoms with Gasteiger partial charge in [0.05, 0.1) is 11.4 Å². The normalized spacial score (nSPS) is 11.1. The molecule has 0 saturated carbocycles. The first kappa shape index (κ1) is 9.19. The standard InChI is InChI=1S/C8H16N4/c1-6(2)9-5-8-7(3)10-12(4)11-8/h6,9H,5H2,1-4H3. The predicted molar refractivity (Wildman–Crippen MR) is 47.7 cm³/mol. The van der Waals surface area contributed by atoms with Gasteiger partial charge in [0.15, 0.2) is 0 Å². The van der Waals surface area contributed by atoms with Crippen molar-refractivity contribution in [1.82, 2.24) is 20.3 Å². The summed E-state index contributed by atoms with van der Waals surface area (Å²) >= 11 is 0. The van der Waals surface area contributed by atoms with Gasteiger partial charge in [-0.15, -0.1) is 0 Å². The molecule has 1 rings (SSSR count). The fraction of sp³-hybridized carbons (Fsp3) is 0.750. The Morgan fingerprint density at radius 1 is 1.42 bits per heavy atom. The van der Waals surface area contributed by atoms with Crippen LogP contribution in [0.15, 0.2) is 0 Å². The highest BCUT2D eigenvalue weighted by molar-refractivity contribution is 5.05. The number of hydrogen-bond donors (Lipinski definition) is 1. The number of nitrogens with zero attached hydrogens (tertiary/aromatic N) is 3. The van der Waals surface area contributed by atoms with Crippen molar-refractivity contribution in [3.8, 4) is 0 Å². The molecule has 1 heterocycles. The van der Waals surface area contributed by atoms with Gasteiger partial charge in [0.25, 0.3) is 0 Å². The van der Waals surface area contributed by atoms with E-state index in [9.17, 15) is 0 Å². The van der Waals surface area contributed by atoms with Crippen molar-refractivity contribution < 1.29 is 0 Å². The third-order valence-corrected chi connectivity index (χ3v) is 1.66. The molecule has 1 N–H and O–H groups in total. The average Bonchev–Trinajstić information content (AvgIpc) is 2.26. The molecule has 0 radical (unpaired) electrons. The highest BCUT2D eigenvalue weighted by Crippen LogP contribution is 1.99. The summed E-state index contributed by atoms with van der Waals surface area (Å²) in [6.07, 6.45) is 0. The number of nitrogens with one attached hydrogen (secondary N) is 1. The Morgan fingerprint density at radius 3 is 2.50 bits per heavy atom. The molecule has 0 aromatic carbocycles. The summed E-state index contributed by atoms with van der Waals surface area (Å²) in [6.45, 7) is 7.01. The minimum Gasteiger partial charge on any atom is -0.309 e. The van der Waals surface area contributed by atoms with Crippen LogP contribution in [0.3, 0.4) is 0 Å². The molecule has 0 saturated heterocycles. The van der Waals surface area contributed by atoms with Gasteiger partial charge in [-0.25, -0.2) is 0 Å². The minimum atomic E-state index is 0.492. The van der Waals surface area contributed by atoms with E-state index >= 15 is 0 Å². The fourth-order valence-electron chi connectivity index (χ4n) is 1.01. The highest BCUT2D eigenvalue weighted by atomic mass is 15.5. The molecule has 0 atom stereocenters. The third-order valence-electron chi connectivity index (χ3n) is 1.66. The molecule has 0 aliphatic heterocycles. The molecule has 0 unspecified atom stereocenters. The summed E-state index contributed by atoms with van der Waals surface area (Å²) in [5.41, 5.74) is 2.04. The van der Waals surface area contributed by atoms with Crippen LogP contribution in [0.5, 0.6) is 0 Å². The van der Waals surface area contributed by atoms with Crippen LogP contribution < -0.4 is 5.32 Å². The molecule has 0 aliphatic rings. The second-order valence-corrected chi connectivity index (χ2v) is 3.26. The maximum atomic E-state index is 4.23. The van der Waals surface area contributed by atoms with Crippen LogP contribution in [0.2, 0.25) is 0 Å². The average molecular weight is 168 g/mol. The lowest BCUT2D eigenvalue weighted by Gasteiger charge is -2.04. The minimum absolute atomic E-state index is 0.492. The summed E-state index contributed by atoms with van der Waals surface area (Å²) in [7, 11) is 1.84. The molecule has 68 valence electrons. The zero-order valence-corrected chi connectivity index (χ0v) is 8.13. The highest BCUT2D eigenvalue weighted by Gasteiger charge is 2.04. The first-order chi connectivity index (χ1) is 5.59. The van der Waals surface area contributed by atoms with Crippen LogP contribution in [0, 0.1) is 6.92 Å². The lowest BCUT2D eigenvalue weighted by Crippen LogP contribution is -2.22. The lowest BCUT2D eigenvalue weighted by atomic mass is 10.3. The first-order valence-corrected chi connectivity index (χ1v) is 4.19. The van der Waals surface area contributed by atoms with E-state index in [1.807, 2.05) is 14.0 Å². The summed E-state index contributed by atoms with van der Waals surface area (Å²) in [5.74, 6) is 0. The fourth-order valence-corrected chi connectivity index (χ4v) is 1.01. The van der Waals surface area contributed by atoms with Gasteiger partial charge in [-0.1, -0.05) is 13.8 Å². The predicted octanol–water partition coefficient (Wildman–Crippen LogP) is 0.622. The van der Waals surface area contributed by atoms with Gasteiger partial charge < -0.3 is 5.32 Å². The molecule has 0 amide bonds. The molecule has 12 heavy (non-hydrogen) atoms. The molecular weight excluding hydrogens is 152 g/mol. The number of aromatic nitrogens is 3. The monoisotopic (exact) mass is 168 g/mol. The van der Waals surface area contributed by atoms with E-state index in [0.717, 1.165) is 17.9 Å². The summed E-state index contributed by atoms with van der Waals surface area (Å²) < 4.78 is 0. The Bertz CT molecular complexity index is 252. The molecule has 0 aliphatic carbocycles. The smallest absolute Gasteiger partial charge is 0.0994 e. The van der Waals surface area contributed by atoms with Crippen molar-refractivity contribution in [2.45, 2.75) is 33.4 Å². The van der Waals surface area contributed by atoms with Crippen molar-refractivity contribution in [3.63, 3.8) is 0 Å². The molecule has 1 aromatic rings. The van der Waals surface area contributed by atoms with Crippen molar-refractivity contribution in [2.75, 3.05) is 0 Å². The first-order valence-electron chi connectivity index (χ1n) is 4.19. The number of aryl methyl sites for hydroxylation is 2. The SMILES string of the molecule is Cc1nn(C)nc1CNC(C)C. The van der Waals surface area contributed by atoms with E-state index in [1.54, 1.807) is 4.80 Å². The number of rotatable bonds is 3. The Balaban J connectivity index is 2.57. The van der Waals surface area contributed by atoms with Crippen LogP contribution in [-0.2, 0) is 13.6 Å². The van der Waals surface area contributed by atoms with E-state index < -0.39 is 0 Å². The van der Waals surface area contributed by atoms with Crippen molar-refractivity contribution in [1.29, 1.82) is 0 Å². The molecular formula is C8H16N4. The quantitative estimate of drug-likeness (QED) is 0.719. The Hall–Kier alpha value is -0.900. The van der Waals surface area contributed by atoms with E-state index in [1.165, 1.54) is 0 Å². The maximum absolute atomic E-state index is 4.23.